The Morgan fingerprint density at radius 2 is 1.79 bits per heavy atom. The van der Waals surface area contributed by atoms with Crippen LogP contribution in [0.5, 0.6) is 0 Å². The highest BCUT2D eigenvalue weighted by Crippen LogP contribution is 2.36. The van der Waals surface area contributed by atoms with E-state index in [1.807, 2.05) is 17.0 Å². The van der Waals surface area contributed by atoms with E-state index in [0.717, 1.165) is 43.5 Å². The van der Waals surface area contributed by atoms with Gasteiger partial charge in [-0.3, -0.25) is 9.78 Å². The summed E-state index contributed by atoms with van der Waals surface area (Å²) in [5, 5.41) is 4.15. The van der Waals surface area contributed by atoms with Gasteiger partial charge in [0.1, 0.15) is 5.69 Å². The average molecular weight is 385 g/mol. The predicted molar refractivity (Wildman–Crippen MR) is 103 cm³/mol. The van der Waals surface area contributed by atoms with Crippen LogP contribution in [-0.2, 0) is 6.18 Å². The normalized spacial score (nSPS) is 14.5. The Balaban J connectivity index is 1.73. The molecule has 1 aliphatic heterocycles. The summed E-state index contributed by atoms with van der Waals surface area (Å²) in [4.78, 5) is 19.0. The van der Waals surface area contributed by atoms with Crippen LogP contribution in [0.1, 0.15) is 28.9 Å². The highest BCUT2D eigenvalue weighted by molar-refractivity contribution is 6.12. The van der Waals surface area contributed by atoms with Crippen LogP contribution in [0.2, 0.25) is 0 Å². The van der Waals surface area contributed by atoms with Crippen LogP contribution in [0, 0.1) is 0 Å². The van der Waals surface area contributed by atoms with Crippen molar-refractivity contribution in [1.82, 2.24) is 4.98 Å². The summed E-state index contributed by atoms with van der Waals surface area (Å²) < 4.78 is 39.6. The Bertz CT molecular complexity index is 1020. The molecule has 0 saturated carbocycles. The number of hydrogen-bond acceptors (Lipinski definition) is 3. The molecule has 2 heterocycles. The molecule has 0 aliphatic carbocycles. The van der Waals surface area contributed by atoms with E-state index in [0.29, 0.717) is 11.1 Å². The van der Waals surface area contributed by atoms with Crippen molar-refractivity contribution < 1.29 is 18.0 Å². The van der Waals surface area contributed by atoms with Gasteiger partial charge in [0.05, 0.1) is 16.9 Å². The zero-order valence-electron chi connectivity index (χ0n) is 15.0. The number of alkyl halides is 3. The van der Waals surface area contributed by atoms with Gasteiger partial charge in [-0.2, -0.15) is 13.2 Å². The Kier molecular flexibility index (Phi) is 4.66. The minimum Gasteiger partial charge on any atom is -0.370 e. The number of fused-ring (bicyclic) bond motifs is 1. The summed E-state index contributed by atoms with van der Waals surface area (Å²) >= 11 is 0. The number of nitrogens with one attached hydrogen (secondary N) is 1. The van der Waals surface area contributed by atoms with Crippen molar-refractivity contribution in [3.63, 3.8) is 0 Å². The maximum atomic E-state index is 13.2. The average Bonchev–Trinajstić information content (AvgIpc) is 3.21. The number of anilines is 2. The fourth-order valence-electron chi connectivity index (χ4n) is 3.53. The highest BCUT2D eigenvalue weighted by atomic mass is 19.4. The van der Waals surface area contributed by atoms with Gasteiger partial charge >= 0.3 is 6.18 Å². The molecule has 0 unspecified atom stereocenters. The number of amides is 1. The summed E-state index contributed by atoms with van der Waals surface area (Å²) in [6.07, 6.45) is -1.02. The van der Waals surface area contributed by atoms with E-state index < -0.39 is 17.6 Å². The Morgan fingerprint density at radius 3 is 2.54 bits per heavy atom. The molecule has 3 aromatic rings. The van der Waals surface area contributed by atoms with Crippen LogP contribution in [-0.4, -0.2) is 24.0 Å². The molecule has 28 heavy (non-hydrogen) atoms. The molecule has 0 bridgehead atoms. The van der Waals surface area contributed by atoms with Gasteiger partial charge in [0.2, 0.25) is 0 Å². The van der Waals surface area contributed by atoms with Crippen molar-refractivity contribution >= 4 is 28.1 Å². The third-order valence-corrected chi connectivity index (χ3v) is 4.91. The molecule has 4 rings (SSSR count). The number of benzene rings is 2. The monoisotopic (exact) mass is 385 g/mol. The first-order valence-electron chi connectivity index (χ1n) is 9.05. The number of rotatable bonds is 3. The lowest BCUT2D eigenvalue weighted by molar-refractivity contribution is -0.137. The summed E-state index contributed by atoms with van der Waals surface area (Å²) in [5.74, 6) is -0.531. The van der Waals surface area contributed by atoms with Crippen molar-refractivity contribution in [2.75, 3.05) is 23.3 Å². The lowest BCUT2D eigenvalue weighted by Gasteiger charge is -2.23. The molecule has 1 fully saturated rings. The molecule has 144 valence electrons. The van der Waals surface area contributed by atoms with Gasteiger partial charge in [0.25, 0.3) is 5.91 Å². The first-order chi connectivity index (χ1) is 13.4. The number of carbonyl (C=O) groups excluding carboxylic acids is 1. The quantitative estimate of drug-likeness (QED) is 0.682. The first kappa shape index (κ1) is 18.3. The zero-order valence-corrected chi connectivity index (χ0v) is 15.0. The maximum Gasteiger partial charge on any atom is 0.416 e. The molecule has 0 radical (unpaired) electrons. The minimum atomic E-state index is -4.49. The van der Waals surface area contributed by atoms with Gasteiger partial charge in [-0.1, -0.05) is 24.3 Å². The Hall–Kier alpha value is -3.09. The maximum absolute atomic E-state index is 13.2. The third-order valence-electron chi connectivity index (χ3n) is 4.91. The lowest BCUT2D eigenvalue weighted by atomic mass is 10.1. The Morgan fingerprint density at radius 1 is 1.04 bits per heavy atom. The van der Waals surface area contributed by atoms with Crippen molar-refractivity contribution in [2.24, 2.45) is 0 Å². The lowest BCUT2D eigenvalue weighted by Crippen LogP contribution is -2.22. The van der Waals surface area contributed by atoms with Gasteiger partial charge in [0, 0.05) is 24.7 Å². The number of nitrogens with zero attached hydrogens (tertiary/aromatic N) is 2. The van der Waals surface area contributed by atoms with E-state index in [2.05, 4.69) is 10.3 Å². The fourth-order valence-corrected chi connectivity index (χ4v) is 3.53. The summed E-state index contributed by atoms with van der Waals surface area (Å²) in [7, 11) is 0. The summed E-state index contributed by atoms with van der Waals surface area (Å²) in [6, 6.07) is 12.5. The van der Waals surface area contributed by atoms with Crippen molar-refractivity contribution in [2.45, 2.75) is 19.0 Å². The number of halogens is 3. The standard InChI is InChI=1S/C21H18F3N3O/c22-21(23,24)15-7-8-18(27-11-3-4-12-27)17(13-15)26-20(28)19-16-6-2-1-5-14(16)9-10-25-19/h1-2,5-10,13H,3-4,11-12H2,(H,26,28). The molecular formula is C21H18F3N3O. The van der Waals surface area contributed by atoms with Crippen LogP contribution in [0.3, 0.4) is 0 Å². The van der Waals surface area contributed by atoms with Gasteiger partial charge in [-0.05, 0) is 42.5 Å². The third kappa shape index (κ3) is 3.52. The second-order valence-corrected chi connectivity index (χ2v) is 6.76. The second kappa shape index (κ2) is 7.14. The van der Waals surface area contributed by atoms with Gasteiger partial charge in [-0.15, -0.1) is 0 Å². The number of aromatic nitrogens is 1. The van der Waals surface area contributed by atoms with Crippen LogP contribution in [0.15, 0.2) is 54.7 Å². The SMILES string of the molecule is O=C(Nc1cc(C(F)(F)F)ccc1N1CCCC1)c1nccc2ccccc12. The van der Waals surface area contributed by atoms with E-state index in [1.165, 1.54) is 12.3 Å². The molecule has 2 aromatic carbocycles. The second-order valence-electron chi connectivity index (χ2n) is 6.76. The molecule has 1 amide bonds. The number of pyridine rings is 1. The van der Waals surface area contributed by atoms with Crippen LogP contribution < -0.4 is 10.2 Å². The zero-order chi connectivity index (χ0) is 19.7. The van der Waals surface area contributed by atoms with Crippen LogP contribution in [0.25, 0.3) is 10.8 Å². The van der Waals surface area contributed by atoms with Crippen molar-refractivity contribution in [1.29, 1.82) is 0 Å². The summed E-state index contributed by atoms with van der Waals surface area (Å²) in [5.41, 5.74) is 0.134. The van der Waals surface area contributed by atoms with Crippen LogP contribution >= 0.6 is 0 Å². The molecular weight excluding hydrogens is 367 g/mol. The highest BCUT2D eigenvalue weighted by Gasteiger charge is 2.32. The fraction of sp³-hybridized carbons (Fsp3) is 0.238. The smallest absolute Gasteiger partial charge is 0.370 e. The van der Waals surface area contributed by atoms with Gasteiger partial charge < -0.3 is 10.2 Å². The molecule has 4 nitrogen and oxygen atoms in total. The number of carbonyl (C=O) groups is 1. The summed E-state index contributed by atoms with van der Waals surface area (Å²) in [6.45, 7) is 1.50. The predicted octanol–water partition coefficient (Wildman–Crippen LogP) is 5.11. The van der Waals surface area contributed by atoms with Crippen molar-refractivity contribution in [3.8, 4) is 0 Å². The largest absolute Gasteiger partial charge is 0.416 e. The molecule has 1 aliphatic rings. The molecule has 0 spiro atoms. The molecule has 1 aromatic heterocycles. The van der Waals surface area contributed by atoms with E-state index >= 15 is 0 Å². The first-order valence-corrected chi connectivity index (χ1v) is 9.05. The van der Waals surface area contributed by atoms with E-state index in [-0.39, 0.29) is 11.4 Å². The van der Waals surface area contributed by atoms with Gasteiger partial charge in [0.15, 0.2) is 0 Å². The molecule has 1 saturated heterocycles. The molecule has 0 atom stereocenters. The van der Waals surface area contributed by atoms with Crippen LogP contribution in [0.4, 0.5) is 24.5 Å². The molecule has 1 N–H and O–H groups in total. The van der Waals surface area contributed by atoms with E-state index in [1.54, 1.807) is 18.2 Å². The number of hydrogen-bond donors (Lipinski definition) is 1. The Labute approximate surface area is 160 Å². The van der Waals surface area contributed by atoms with Crippen molar-refractivity contribution in [3.05, 3.63) is 66.0 Å². The topological polar surface area (TPSA) is 45.2 Å². The van der Waals surface area contributed by atoms with E-state index in [4.69, 9.17) is 0 Å². The van der Waals surface area contributed by atoms with Gasteiger partial charge in [-0.25, -0.2) is 0 Å². The van der Waals surface area contributed by atoms with E-state index in [9.17, 15) is 18.0 Å². The minimum absolute atomic E-state index is 0.149. The molecule has 7 heteroatoms.